The van der Waals surface area contributed by atoms with Gasteiger partial charge in [-0.15, -0.1) is 0 Å². The molecule has 2 N–H and O–H groups in total. The van der Waals surface area contributed by atoms with E-state index in [-0.39, 0.29) is 0 Å². The van der Waals surface area contributed by atoms with Crippen LogP contribution in [0.4, 0.5) is 11.6 Å². The second-order valence-corrected chi connectivity index (χ2v) is 4.85. The molecule has 0 spiro atoms. The fourth-order valence-corrected chi connectivity index (χ4v) is 2.46. The number of anilines is 2. The van der Waals surface area contributed by atoms with Gasteiger partial charge in [0.2, 0.25) is 0 Å². The number of hydrogen-bond donors (Lipinski definition) is 1. The maximum absolute atomic E-state index is 5.65. The molecule has 1 fully saturated rings. The fraction of sp³-hybridized carbons (Fsp3) is 0.333. The van der Waals surface area contributed by atoms with Crippen LogP contribution in [-0.4, -0.2) is 36.1 Å². The summed E-state index contributed by atoms with van der Waals surface area (Å²) >= 11 is 0. The van der Waals surface area contributed by atoms with Crippen LogP contribution in [0.25, 0.3) is 0 Å². The van der Waals surface area contributed by atoms with Gasteiger partial charge in [-0.1, -0.05) is 12.1 Å². The van der Waals surface area contributed by atoms with Crippen LogP contribution >= 0.6 is 0 Å². The van der Waals surface area contributed by atoms with Crippen molar-refractivity contribution >= 4 is 11.6 Å². The minimum atomic E-state index is 0.488. The van der Waals surface area contributed by atoms with E-state index in [0.717, 1.165) is 43.5 Å². The van der Waals surface area contributed by atoms with E-state index in [1.54, 1.807) is 0 Å². The molecular formula is C15H19N5. The molecule has 5 nitrogen and oxygen atoms in total. The van der Waals surface area contributed by atoms with Gasteiger partial charge in [-0.2, -0.15) is 0 Å². The summed E-state index contributed by atoms with van der Waals surface area (Å²) in [5.74, 6) is 2.07. The molecule has 0 unspecified atom stereocenters. The van der Waals surface area contributed by atoms with Crippen molar-refractivity contribution in [2.45, 2.75) is 6.54 Å². The second kappa shape index (κ2) is 5.88. The van der Waals surface area contributed by atoms with Crippen LogP contribution in [0.1, 0.15) is 5.69 Å². The Morgan fingerprint density at radius 2 is 1.60 bits per heavy atom. The summed E-state index contributed by atoms with van der Waals surface area (Å²) in [6, 6.07) is 12.1. The van der Waals surface area contributed by atoms with Crippen LogP contribution < -0.4 is 15.5 Å². The van der Waals surface area contributed by atoms with E-state index < -0.39 is 0 Å². The van der Waals surface area contributed by atoms with Gasteiger partial charge in [-0.05, 0) is 24.3 Å². The molecule has 0 radical (unpaired) electrons. The molecule has 1 aliphatic heterocycles. The molecule has 20 heavy (non-hydrogen) atoms. The lowest BCUT2D eigenvalue weighted by Crippen LogP contribution is -2.47. The lowest BCUT2D eigenvalue weighted by atomic mass is 10.2. The highest BCUT2D eigenvalue weighted by Gasteiger charge is 2.18. The average molecular weight is 269 g/mol. The first-order chi connectivity index (χ1) is 9.86. The third kappa shape index (κ3) is 2.72. The lowest BCUT2D eigenvalue weighted by molar-refractivity contribution is 0.640. The van der Waals surface area contributed by atoms with E-state index in [2.05, 4.69) is 31.9 Å². The summed E-state index contributed by atoms with van der Waals surface area (Å²) in [6.07, 6.45) is 1.84. The minimum absolute atomic E-state index is 0.488. The van der Waals surface area contributed by atoms with Crippen molar-refractivity contribution in [1.82, 2.24) is 9.97 Å². The van der Waals surface area contributed by atoms with E-state index in [0.29, 0.717) is 6.54 Å². The predicted molar refractivity (Wildman–Crippen MR) is 80.8 cm³/mol. The maximum atomic E-state index is 5.65. The average Bonchev–Trinajstić information content (AvgIpc) is 2.56. The highest BCUT2D eigenvalue weighted by molar-refractivity contribution is 5.44. The number of rotatable bonds is 3. The smallest absolute Gasteiger partial charge is 0.128 e. The molecule has 104 valence electrons. The van der Waals surface area contributed by atoms with Crippen molar-refractivity contribution in [3.8, 4) is 0 Å². The maximum Gasteiger partial charge on any atom is 0.128 e. The molecular weight excluding hydrogens is 250 g/mol. The van der Waals surface area contributed by atoms with Crippen LogP contribution in [0.2, 0.25) is 0 Å². The molecule has 0 aromatic carbocycles. The highest BCUT2D eigenvalue weighted by Crippen LogP contribution is 2.17. The van der Waals surface area contributed by atoms with Crippen LogP contribution in [-0.2, 0) is 6.54 Å². The lowest BCUT2D eigenvalue weighted by Gasteiger charge is -2.36. The van der Waals surface area contributed by atoms with Gasteiger partial charge >= 0.3 is 0 Å². The molecule has 0 atom stereocenters. The van der Waals surface area contributed by atoms with Crippen LogP contribution in [0, 0.1) is 0 Å². The monoisotopic (exact) mass is 269 g/mol. The zero-order valence-corrected chi connectivity index (χ0v) is 11.4. The van der Waals surface area contributed by atoms with Gasteiger partial charge < -0.3 is 15.5 Å². The Labute approximate surface area is 119 Å². The fourth-order valence-electron chi connectivity index (χ4n) is 2.46. The number of aromatic nitrogens is 2. The van der Waals surface area contributed by atoms with Gasteiger partial charge in [0, 0.05) is 38.9 Å². The SMILES string of the molecule is NCc1cccc(N2CCN(c3ccccn3)CC2)n1. The number of pyridine rings is 2. The first-order valence-electron chi connectivity index (χ1n) is 6.94. The molecule has 5 heteroatoms. The van der Waals surface area contributed by atoms with Crippen molar-refractivity contribution in [1.29, 1.82) is 0 Å². The van der Waals surface area contributed by atoms with Gasteiger partial charge in [0.1, 0.15) is 11.6 Å². The van der Waals surface area contributed by atoms with E-state index in [1.807, 2.05) is 30.5 Å². The molecule has 0 bridgehead atoms. The largest absolute Gasteiger partial charge is 0.353 e. The quantitative estimate of drug-likeness (QED) is 0.909. The number of piperazine rings is 1. The van der Waals surface area contributed by atoms with E-state index in [9.17, 15) is 0 Å². The summed E-state index contributed by atoms with van der Waals surface area (Å²) in [7, 11) is 0. The first-order valence-corrected chi connectivity index (χ1v) is 6.94. The van der Waals surface area contributed by atoms with Crippen molar-refractivity contribution < 1.29 is 0 Å². The van der Waals surface area contributed by atoms with Crippen molar-refractivity contribution in [2.75, 3.05) is 36.0 Å². The van der Waals surface area contributed by atoms with Crippen LogP contribution in [0.3, 0.4) is 0 Å². The standard InChI is InChI=1S/C15H19N5/c16-12-13-4-3-6-15(18-13)20-10-8-19(9-11-20)14-5-1-2-7-17-14/h1-7H,8-12,16H2. The Morgan fingerprint density at radius 3 is 2.25 bits per heavy atom. The second-order valence-electron chi connectivity index (χ2n) is 4.85. The van der Waals surface area contributed by atoms with Crippen molar-refractivity contribution in [3.63, 3.8) is 0 Å². The molecule has 3 rings (SSSR count). The number of nitrogens with two attached hydrogens (primary N) is 1. The Hall–Kier alpha value is -2.14. The van der Waals surface area contributed by atoms with E-state index in [4.69, 9.17) is 5.73 Å². The summed E-state index contributed by atoms with van der Waals surface area (Å²) in [4.78, 5) is 13.6. The Balaban J connectivity index is 1.66. The normalized spacial score (nSPS) is 15.4. The Bertz CT molecular complexity index is 549. The predicted octanol–water partition coefficient (Wildman–Crippen LogP) is 1.26. The van der Waals surface area contributed by atoms with E-state index >= 15 is 0 Å². The number of hydrogen-bond acceptors (Lipinski definition) is 5. The molecule has 2 aromatic rings. The third-order valence-electron chi connectivity index (χ3n) is 3.58. The summed E-state index contributed by atoms with van der Waals surface area (Å²) < 4.78 is 0. The van der Waals surface area contributed by atoms with Gasteiger partial charge in [0.25, 0.3) is 0 Å². The summed E-state index contributed by atoms with van der Waals surface area (Å²) in [6.45, 7) is 4.33. The molecule has 3 heterocycles. The van der Waals surface area contributed by atoms with Crippen molar-refractivity contribution in [2.24, 2.45) is 5.73 Å². The molecule has 0 amide bonds. The number of nitrogens with zero attached hydrogens (tertiary/aromatic N) is 4. The molecule has 2 aromatic heterocycles. The molecule has 0 saturated carbocycles. The van der Waals surface area contributed by atoms with Gasteiger partial charge in [-0.25, -0.2) is 9.97 Å². The molecule has 1 saturated heterocycles. The molecule has 0 aliphatic carbocycles. The van der Waals surface area contributed by atoms with E-state index in [1.165, 1.54) is 0 Å². The van der Waals surface area contributed by atoms with Crippen molar-refractivity contribution in [3.05, 3.63) is 48.3 Å². The third-order valence-corrected chi connectivity index (χ3v) is 3.58. The summed E-state index contributed by atoms with van der Waals surface area (Å²) in [5, 5.41) is 0. The zero-order chi connectivity index (χ0) is 13.8. The molecule has 1 aliphatic rings. The van der Waals surface area contributed by atoms with Crippen LogP contribution in [0.5, 0.6) is 0 Å². The summed E-state index contributed by atoms with van der Waals surface area (Å²) in [5.41, 5.74) is 6.59. The topological polar surface area (TPSA) is 58.3 Å². The highest BCUT2D eigenvalue weighted by atomic mass is 15.3. The van der Waals surface area contributed by atoms with Crippen LogP contribution in [0.15, 0.2) is 42.6 Å². The van der Waals surface area contributed by atoms with Gasteiger partial charge in [0.05, 0.1) is 5.69 Å². The van der Waals surface area contributed by atoms with Gasteiger partial charge in [0.15, 0.2) is 0 Å². The zero-order valence-electron chi connectivity index (χ0n) is 11.4. The Morgan fingerprint density at radius 1 is 0.900 bits per heavy atom. The first kappa shape index (κ1) is 12.9. The Kier molecular flexibility index (Phi) is 3.78. The van der Waals surface area contributed by atoms with Gasteiger partial charge in [-0.3, -0.25) is 0 Å². The minimum Gasteiger partial charge on any atom is -0.353 e.